The molecule has 1 heterocycles. The van der Waals surface area contributed by atoms with Crippen molar-refractivity contribution in [3.63, 3.8) is 0 Å². The Bertz CT molecular complexity index is 380. The zero-order valence-corrected chi connectivity index (χ0v) is 10.8. The molecule has 1 saturated heterocycles. The minimum absolute atomic E-state index is 0.0905. The number of aryl methyl sites for hydroxylation is 1. The van der Waals surface area contributed by atoms with Crippen LogP contribution < -0.4 is 0 Å². The molecule has 3 nitrogen and oxygen atoms in total. The number of hydrogen-bond donors (Lipinski definition) is 0. The molecule has 0 atom stereocenters. The second-order valence-electron chi connectivity index (χ2n) is 3.92. The van der Waals surface area contributed by atoms with Gasteiger partial charge in [-0.15, -0.1) is 0 Å². The van der Waals surface area contributed by atoms with E-state index in [2.05, 4.69) is 15.9 Å². The summed E-state index contributed by atoms with van der Waals surface area (Å²) >= 11 is 3.41. The van der Waals surface area contributed by atoms with E-state index in [-0.39, 0.29) is 5.91 Å². The maximum Gasteiger partial charge on any atom is 0.254 e. The fraction of sp³-hybridized carbons (Fsp3) is 0.417. The molecule has 16 heavy (non-hydrogen) atoms. The third-order valence-corrected chi connectivity index (χ3v) is 3.05. The van der Waals surface area contributed by atoms with Crippen molar-refractivity contribution in [2.45, 2.75) is 6.92 Å². The third-order valence-electron chi connectivity index (χ3n) is 2.59. The van der Waals surface area contributed by atoms with Gasteiger partial charge in [0.2, 0.25) is 0 Å². The lowest BCUT2D eigenvalue weighted by atomic mass is 10.1. The Labute approximate surface area is 104 Å². The summed E-state index contributed by atoms with van der Waals surface area (Å²) in [5.74, 6) is 0.0905. The zero-order valence-electron chi connectivity index (χ0n) is 9.20. The quantitative estimate of drug-likeness (QED) is 0.791. The molecule has 0 aliphatic carbocycles. The summed E-state index contributed by atoms with van der Waals surface area (Å²) in [6, 6.07) is 5.78. The van der Waals surface area contributed by atoms with Crippen molar-refractivity contribution >= 4 is 21.8 Å². The van der Waals surface area contributed by atoms with Crippen molar-refractivity contribution in [1.29, 1.82) is 0 Å². The molecule has 0 bridgehead atoms. The molecule has 1 aliphatic heterocycles. The smallest absolute Gasteiger partial charge is 0.254 e. The van der Waals surface area contributed by atoms with Crippen LogP contribution in [0.5, 0.6) is 0 Å². The predicted molar refractivity (Wildman–Crippen MR) is 65.6 cm³/mol. The molecule has 0 unspecified atom stereocenters. The second-order valence-corrected chi connectivity index (χ2v) is 4.84. The number of morpholine rings is 1. The first-order chi connectivity index (χ1) is 7.66. The van der Waals surface area contributed by atoms with Gasteiger partial charge in [-0.2, -0.15) is 0 Å². The standard InChI is InChI=1S/C12H14BrNO2/c1-9-6-10(8-11(13)7-9)12(15)14-2-4-16-5-3-14/h6-8H,2-5H2,1H3. The first kappa shape index (κ1) is 11.6. The number of carbonyl (C=O) groups is 1. The van der Waals surface area contributed by atoms with E-state index in [0.29, 0.717) is 26.3 Å². The van der Waals surface area contributed by atoms with Crippen molar-refractivity contribution in [2.24, 2.45) is 0 Å². The summed E-state index contributed by atoms with van der Waals surface area (Å²) in [5.41, 5.74) is 1.83. The van der Waals surface area contributed by atoms with E-state index < -0.39 is 0 Å². The van der Waals surface area contributed by atoms with Gasteiger partial charge in [-0.25, -0.2) is 0 Å². The van der Waals surface area contributed by atoms with Crippen LogP contribution in [0, 0.1) is 6.92 Å². The fourth-order valence-electron chi connectivity index (χ4n) is 1.81. The Morgan fingerprint density at radius 1 is 1.31 bits per heavy atom. The SMILES string of the molecule is Cc1cc(Br)cc(C(=O)N2CCOCC2)c1. The summed E-state index contributed by atoms with van der Waals surface area (Å²) in [6.07, 6.45) is 0. The van der Waals surface area contributed by atoms with Crippen LogP contribution in [0.4, 0.5) is 0 Å². The lowest BCUT2D eigenvalue weighted by Crippen LogP contribution is -2.40. The number of benzene rings is 1. The van der Waals surface area contributed by atoms with Gasteiger partial charge in [0.1, 0.15) is 0 Å². The van der Waals surface area contributed by atoms with Crippen LogP contribution in [0.2, 0.25) is 0 Å². The predicted octanol–water partition coefficient (Wildman–Crippen LogP) is 2.23. The van der Waals surface area contributed by atoms with Gasteiger partial charge >= 0.3 is 0 Å². The van der Waals surface area contributed by atoms with Crippen LogP contribution >= 0.6 is 15.9 Å². The number of carbonyl (C=O) groups excluding carboxylic acids is 1. The normalized spacial score (nSPS) is 16.2. The van der Waals surface area contributed by atoms with Gasteiger partial charge in [0.05, 0.1) is 13.2 Å². The lowest BCUT2D eigenvalue weighted by Gasteiger charge is -2.27. The van der Waals surface area contributed by atoms with E-state index in [1.165, 1.54) is 0 Å². The molecule has 1 aromatic rings. The summed E-state index contributed by atoms with van der Waals surface area (Å²) in [5, 5.41) is 0. The Kier molecular flexibility index (Phi) is 3.61. The number of amides is 1. The molecule has 0 saturated carbocycles. The van der Waals surface area contributed by atoms with Gasteiger partial charge < -0.3 is 9.64 Å². The molecule has 0 N–H and O–H groups in total. The maximum absolute atomic E-state index is 12.2. The number of rotatable bonds is 1. The Morgan fingerprint density at radius 3 is 2.62 bits per heavy atom. The lowest BCUT2D eigenvalue weighted by molar-refractivity contribution is 0.0303. The first-order valence-corrected chi connectivity index (χ1v) is 6.10. The molecule has 2 rings (SSSR count). The topological polar surface area (TPSA) is 29.5 Å². The molecule has 1 aromatic carbocycles. The Morgan fingerprint density at radius 2 is 2.00 bits per heavy atom. The van der Waals surface area contributed by atoms with Gasteiger partial charge in [0, 0.05) is 23.1 Å². The highest BCUT2D eigenvalue weighted by Gasteiger charge is 2.18. The summed E-state index contributed by atoms with van der Waals surface area (Å²) < 4.78 is 6.18. The van der Waals surface area contributed by atoms with Crippen molar-refractivity contribution in [3.8, 4) is 0 Å². The average molecular weight is 284 g/mol. The molecule has 1 fully saturated rings. The summed E-state index contributed by atoms with van der Waals surface area (Å²) in [7, 11) is 0. The molecule has 0 aromatic heterocycles. The van der Waals surface area contributed by atoms with Crippen LogP contribution in [0.25, 0.3) is 0 Å². The number of halogens is 1. The molecule has 0 radical (unpaired) electrons. The minimum atomic E-state index is 0.0905. The van der Waals surface area contributed by atoms with Crippen molar-refractivity contribution < 1.29 is 9.53 Å². The molecular weight excluding hydrogens is 270 g/mol. The van der Waals surface area contributed by atoms with Crippen molar-refractivity contribution in [3.05, 3.63) is 33.8 Å². The van der Waals surface area contributed by atoms with Gasteiger partial charge in [-0.3, -0.25) is 4.79 Å². The zero-order chi connectivity index (χ0) is 11.5. The summed E-state index contributed by atoms with van der Waals surface area (Å²) in [6.45, 7) is 4.63. The number of ether oxygens (including phenoxy) is 1. The van der Waals surface area contributed by atoms with E-state index in [1.54, 1.807) is 0 Å². The first-order valence-electron chi connectivity index (χ1n) is 5.31. The van der Waals surface area contributed by atoms with E-state index in [0.717, 1.165) is 15.6 Å². The van der Waals surface area contributed by atoms with Gasteiger partial charge in [-0.1, -0.05) is 15.9 Å². The molecule has 1 amide bonds. The molecule has 1 aliphatic rings. The van der Waals surface area contributed by atoms with E-state index in [4.69, 9.17) is 4.74 Å². The molecule has 4 heteroatoms. The van der Waals surface area contributed by atoms with Crippen molar-refractivity contribution in [1.82, 2.24) is 4.90 Å². The molecule has 0 spiro atoms. The van der Waals surface area contributed by atoms with Crippen LogP contribution in [0.15, 0.2) is 22.7 Å². The van der Waals surface area contributed by atoms with Gasteiger partial charge in [-0.05, 0) is 30.7 Å². The highest BCUT2D eigenvalue weighted by Crippen LogP contribution is 2.17. The highest BCUT2D eigenvalue weighted by molar-refractivity contribution is 9.10. The summed E-state index contributed by atoms with van der Waals surface area (Å²) in [4.78, 5) is 14.0. The number of nitrogens with zero attached hydrogens (tertiary/aromatic N) is 1. The van der Waals surface area contributed by atoms with Crippen LogP contribution in [0.1, 0.15) is 15.9 Å². The van der Waals surface area contributed by atoms with Crippen molar-refractivity contribution in [2.75, 3.05) is 26.3 Å². The van der Waals surface area contributed by atoms with Crippen LogP contribution in [0.3, 0.4) is 0 Å². The minimum Gasteiger partial charge on any atom is -0.378 e. The second kappa shape index (κ2) is 4.97. The number of hydrogen-bond acceptors (Lipinski definition) is 2. The molecular formula is C12H14BrNO2. The van der Waals surface area contributed by atoms with Crippen LogP contribution in [-0.2, 0) is 4.74 Å². The fourth-order valence-corrected chi connectivity index (χ4v) is 2.42. The third kappa shape index (κ3) is 2.62. The van der Waals surface area contributed by atoms with E-state index in [1.807, 2.05) is 30.0 Å². The van der Waals surface area contributed by atoms with E-state index >= 15 is 0 Å². The van der Waals surface area contributed by atoms with E-state index in [9.17, 15) is 4.79 Å². The van der Waals surface area contributed by atoms with Gasteiger partial charge in [0.25, 0.3) is 5.91 Å². The monoisotopic (exact) mass is 283 g/mol. The van der Waals surface area contributed by atoms with Crippen LogP contribution in [-0.4, -0.2) is 37.1 Å². The molecule has 86 valence electrons. The Balaban J connectivity index is 2.19. The maximum atomic E-state index is 12.2. The largest absolute Gasteiger partial charge is 0.378 e. The Hall–Kier alpha value is -0.870. The average Bonchev–Trinajstić information content (AvgIpc) is 2.28. The van der Waals surface area contributed by atoms with Gasteiger partial charge in [0.15, 0.2) is 0 Å². The highest BCUT2D eigenvalue weighted by atomic mass is 79.9.